The fraction of sp³-hybridized carbons (Fsp3) is 0.901. The van der Waals surface area contributed by atoms with Gasteiger partial charge in [-0.25, -0.2) is 0 Å². The molecule has 3 saturated heterocycles. The number of nitrogens with one attached hydrogen (secondary N) is 1. The van der Waals surface area contributed by atoms with E-state index in [1.54, 1.807) is 6.08 Å². The second kappa shape index (κ2) is 53.2. The second-order valence-electron chi connectivity index (χ2n) is 26.1. The summed E-state index contributed by atoms with van der Waals surface area (Å²) in [5, 5.41) is 121. The van der Waals surface area contributed by atoms with Crippen LogP contribution in [-0.2, 0) is 33.2 Å². The molecule has 3 fully saturated rings. The van der Waals surface area contributed by atoms with E-state index in [9.17, 15) is 61.0 Å². The lowest BCUT2D eigenvalue weighted by Crippen LogP contribution is -2.66. The lowest BCUT2D eigenvalue weighted by Gasteiger charge is -2.48. The SMILES string of the molecule is CCCCC/C=C\C/C=C\CCCCCCCCCCCC(=O)NC(COC1OC(CO)C(OC2OC(CO)C(OC3OC(CO)C(O)C(O)C3O)C(O)C2O)C(O)C1O)C(O)/C=C/CCCCCCCCCCCCCCCCCCCCCCCCCC. The van der Waals surface area contributed by atoms with E-state index in [2.05, 4.69) is 43.5 Å². The second-order valence-corrected chi connectivity index (χ2v) is 26.1. The fourth-order valence-corrected chi connectivity index (χ4v) is 12.3. The van der Waals surface area contributed by atoms with Gasteiger partial charge in [-0.1, -0.05) is 256 Å². The summed E-state index contributed by atoms with van der Waals surface area (Å²) in [5.74, 6) is -0.278. The molecule has 90 heavy (non-hydrogen) atoms. The van der Waals surface area contributed by atoms with Crippen LogP contribution in [0.25, 0.3) is 0 Å². The molecule has 19 heteroatoms. The maximum atomic E-state index is 13.4. The summed E-state index contributed by atoms with van der Waals surface area (Å²) in [4.78, 5) is 13.4. The molecule has 17 unspecified atom stereocenters. The van der Waals surface area contributed by atoms with Crippen LogP contribution in [0.15, 0.2) is 36.5 Å². The van der Waals surface area contributed by atoms with Crippen LogP contribution in [0.5, 0.6) is 0 Å². The number of ether oxygens (including phenoxy) is 6. The summed E-state index contributed by atoms with van der Waals surface area (Å²) >= 11 is 0. The van der Waals surface area contributed by atoms with E-state index >= 15 is 0 Å². The van der Waals surface area contributed by atoms with Crippen molar-refractivity contribution in [2.24, 2.45) is 0 Å². The molecule has 0 aromatic carbocycles. The van der Waals surface area contributed by atoms with Crippen molar-refractivity contribution in [2.75, 3.05) is 26.4 Å². The summed E-state index contributed by atoms with van der Waals surface area (Å²) in [6.45, 7) is 1.73. The average Bonchev–Trinajstić information content (AvgIpc) is 0.846. The summed E-state index contributed by atoms with van der Waals surface area (Å²) in [6, 6.07) is -0.976. The van der Waals surface area contributed by atoms with Gasteiger partial charge < -0.3 is 89.9 Å². The standard InChI is InChI=1S/C71H131NO18/c1-3-5-7-9-11-13-15-17-19-21-23-24-25-26-27-28-29-31-32-34-36-38-40-42-44-46-48-55(76)54(72-59(77)49-47-45-43-41-39-37-35-33-30-22-20-18-16-14-12-10-8-6-4-2)53-85-69-65(83)62(80)67(57(51-74)87-69)90-71-66(84)63(81)68(58(52-75)88-71)89-70-64(82)61(79)60(78)56(50-73)86-70/h12,14,18,20,46,48,54-58,60-71,73-76,78-84H,3-11,13,15-17,19,21-45,47,49-53H2,1-2H3,(H,72,77)/b14-12-,20-18-,48-46+. The first-order valence-electron chi connectivity index (χ1n) is 36.2. The van der Waals surface area contributed by atoms with Gasteiger partial charge in [-0.15, -0.1) is 0 Å². The summed E-state index contributed by atoms with van der Waals surface area (Å²) in [6.07, 6.45) is 35.4. The molecule has 12 N–H and O–H groups in total. The Hall–Kier alpha value is -1.99. The number of amides is 1. The smallest absolute Gasteiger partial charge is 0.220 e. The highest BCUT2D eigenvalue weighted by Crippen LogP contribution is 2.33. The number of carbonyl (C=O) groups is 1. The molecular weight excluding hydrogens is 1150 g/mol. The minimum absolute atomic E-state index is 0.239. The van der Waals surface area contributed by atoms with E-state index in [1.165, 1.54) is 186 Å². The number of carbonyl (C=O) groups excluding carboxylic acids is 1. The lowest BCUT2D eigenvalue weighted by atomic mass is 9.96. The Bertz CT molecular complexity index is 1780. The Balaban J connectivity index is 1.43. The van der Waals surface area contributed by atoms with Crippen molar-refractivity contribution in [3.8, 4) is 0 Å². The number of unbranched alkanes of at least 4 members (excludes halogenated alkanes) is 36. The molecule has 0 spiro atoms. The molecule has 3 aliphatic heterocycles. The highest BCUT2D eigenvalue weighted by Gasteiger charge is 2.53. The van der Waals surface area contributed by atoms with E-state index in [0.29, 0.717) is 6.42 Å². The van der Waals surface area contributed by atoms with Crippen LogP contribution in [0.4, 0.5) is 0 Å². The zero-order valence-electron chi connectivity index (χ0n) is 55.9. The Morgan fingerprint density at radius 3 is 1.16 bits per heavy atom. The Morgan fingerprint density at radius 2 is 0.733 bits per heavy atom. The molecule has 19 nitrogen and oxygen atoms in total. The molecule has 528 valence electrons. The van der Waals surface area contributed by atoms with Crippen molar-refractivity contribution in [3.05, 3.63) is 36.5 Å². The van der Waals surface area contributed by atoms with Gasteiger partial charge in [-0.05, 0) is 51.4 Å². The zero-order valence-corrected chi connectivity index (χ0v) is 55.9. The minimum Gasteiger partial charge on any atom is -0.394 e. The van der Waals surface area contributed by atoms with Crippen LogP contribution in [-0.4, -0.2) is 193 Å². The monoisotopic (exact) mass is 1290 g/mol. The molecule has 0 aromatic rings. The highest BCUT2D eigenvalue weighted by atomic mass is 16.8. The Kier molecular flexibility index (Phi) is 48.6. The Labute approximate surface area is 542 Å². The number of allylic oxidation sites excluding steroid dienone is 5. The van der Waals surface area contributed by atoms with Crippen molar-refractivity contribution in [1.29, 1.82) is 0 Å². The average molecular weight is 1290 g/mol. The molecular formula is C71H131NO18. The summed E-state index contributed by atoms with van der Waals surface area (Å²) < 4.78 is 34.4. The highest BCUT2D eigenvalue weighted by molar-refractivity contribution is 5.76. The summed E-state index contributed by atoms with van der Waals surface area (Å²) in [7, 11) is 0. The van der Waals surface area contributed by atoms with Crippen molar-refractivity contribution < 1.29 is 89.4 Å². The van der Waals surface area contributed by atoms with E-state index in [4.69, 9.17) is 28.4 Å². The number of hydrogen-bond donors (Lipinski definition) is 12. The van der Waals surface area contributed by atoms with Crippen LogP contribution in [0, 0.1) is 0 Å². The van der Waals surface area contributed by atoms with Crippen molar-refractivity contribution >= 4 is 5.91 Å². The largest absolute Gasteiger partial charge is 0.394 e. The first-order valence-corrected chi connectivity index (χ1v) is 36.2. The number of hydrogen-bond acceptors (Lipinski definition) is 18. The molecule has 3 rings (SSSR count). The molecule has 3 aliphatic rings. The van der Waals surface area contributed by atoms with Crippen LogP contribution < -0.4 is 5.32 Å². The maximum Gasteiger partial charge on any atom is 0.220 e. The normalized spacial score (nSPS) is 28.2. The van der Waals surface area contributed by atoms with Crippen LogP contribution in [0.2, 0.25) is 0 Å². The maximum absolute atomic E-state index is 13.4. The molecule has 0 radical (unpaired) electrons. The van der Waals surface area contributed by atoms with E-state index in [1.807, 2.05) is 6.08 Å². The van der Waals surface area contributed by atoms with Crippen molar-refractivity contribution in [3.63, 3.8) is 0 Å². The number of aliphatic hydroxyl groups excluding tert-OH is 11. The van der Waals surface area contributed by atoms with E-state index in [-0.39, 0.29) is 18.9 Å². The third-order valence-corrected chi connectivity index (χ3v) is 18.2. The first kappa shape index (κ1) is 82.2. The Morgan fingerprint density at radius 1 is 0.400 bits per heavy atom. The van der Waals surface area contributed by atoms with Crippen molar-refractivity contribution in [2.45, 2.75) is 381 Å². The number of aliphatic hydroxyl groups is 11. The summed E-state index contributed by atoms with van der Waals surface area (Å²) in [5.41, 5.74) is 0. The quantitative estimate of drug-likeness (QED) is 0.0199. The van der Waals surface area contributed by atoms with Crippen molar-refractivity contribution in [1.82, 2.24) is 5.32 Å². The topological polar surface area (TPSA) is 307 Å². The molecule has 0 aliphatic carbocycles. The fourth-order valence-electron chi connectivity index (χ4n) is 12.3. The van der Waals surface area contributed by atoms with Gasteiger partial charge in [0.1, 0.15) is 73.2 Å². The lowest BCUT2D eigenvalue weighted by molar-refractivity contribution is -0.379. The first-order chi connectivity index (χ1) is 43.8. The number of rotatable bonds is 56. The molecule has 17 atom stereocenters. The molecule has 0 saturated carbocycles. The molecule has 0 bridgehead atoms. The van der Waals surface area contributed by atoms with Gasteiger partial charge in [0.2, 0.25) is 5.91 Å². The van der Waals surface area contributed by atoms with Crippen LogP contribution in [0.3, 0.4) is 0 Å². The van der Waals surface area contributed by atoms with Gasteiger partial charge in [0.25, 0.3) is 0 Å². The third kappa shape index (κ3) is 34.6. The molecule has 1 amide bonds. The zero-order chi connectivity index (χ0) is 65.4. The van der Waals surface area contributed by atoms with Gasteiger partial charge in [0.15, 0.2) is 18.9 Å². The predicted octanol–water partition coefficient (Wildman–Crippen LogP) is 10.00. The minimum atomic E-state index is -1.98. The van der Waals surface area contributed by atoms with Gasteiger partial charge in [0, 0.05) is 6.42 Å². The molecule has 0 aromatic heterocycles. The van der Waals surface area contributed by atoms with E-state index < -0.39 is 124 Å². The van der Waals surface area contributed by atoms with Crippen LogP contribution in [0.1, 0.15) is 277 Å². The van der Waals surface area contributed by atoms with Gasteiger partial charge >= 0.3 is 0 Å². The molecule has 3 heterocycles. The van der Waals surface area contributed by atoms with E-state index in [0.717, 1.165) is 64.2 Å². The van der Waals surface area contributed by atoms with Gasteiger partial charge in [-0.3, -0.25) is 4.79 Å². The predicted molar refractivity (Wildman–Crippen MR) is 351 cm³/mol. The van der Waals surface area contributed by atoms with Gasteiger partial charge in [0.05, 0.1) is 38.6 Å². The van der Waals surface area contributed by atoms with Crippen LogP contribution >= 0.6 is 0 Å². The third-order valence-electron chi connectivity index (χ3n) is 18.2. The van der Waals surface area contributed by atoms with Gasteiger partial charge in [-0.2, -0.15) is 0 Å².